The van der Waals surface area contributed by atoms with Gasteiger partial charge in [0.25, 0.3) is 0 Å². The van der Waals surface area contributed by atoms with E-state index in [0.29, 0.717) is 25.6 Å². The molecule has 0 radical (unpaired) electrons. The Hall–Kier alpha value is -1.84. The lowest BCUT2D eigenvalue weighted by Crippen LogP contribution is -2.35. The minimum atomic E-state index is 0.000142. The molecule has 0 atom stereocenters. The van der Waals surface area contributed by atoms with Crippen molar-refractivity contribution in [1.82, 2.24) is 10.2 Å². The molecule has 0 aromatic heterocycles. The van der Waals surface area contributed by atoms with Crippen molar-refractivity contribution in [1.29, 1.82) is 0 Å². The third-order valence-corrected chi connectivity index (χ3v) is 3.71. The molecule has 1 saturated carbocycles. The molecule has 20 heavy (non-hydrogen) atoms. The van der Waals surface area contributed by atoms with Gasteiger partial charge in [-0.25, -0.2) is 0 Å². The maximum atomic E-state index is 11.8. The highest BCUT2D eigenvalue weighted by Crippen LogP contribution is 2.26. The third kappa shape index (κ3) is 4.08. The Labute approximate surface area is 120 Å². The van der Waals surface area contributed by atoms with Gasteiger partial charge in [-0.3, -0.25) is 9.59 Å². The van der Waals surface area contributed by atoms with Crippen molar-refractivity contribution >= 4 is 11.8 Å². The van der Waals surface area contributed by atoms with Gasteiger partial charge in [-0.15, -0.1) is 0 Å². The Morgan fingerprint density at radius 2 is 2.00 bits per heavy atom. The van der Waals surface area contributed by atoms with E-state index in [4.69, 9.17) is 0 Å². The summed E-state index contributed by atoms with van der Waals surface area (Å²) >= 11 is 0. The fourth-order valence-electron chi connectivity index (χ4n) is 2.30. The maximum absolute atomic E-state index is 11.8. The zero-order valence-electron chi connectivity index (χ0n) is 12.2. The van der Waals surface area contributed by atoms with Gasteiger partial charge < -0.3 is 10.2 Å². The number of hydrogen-bond donors (Lipinski definition) is 1. The van der Waals surface area contributed by atoms with Gasteiger partial charge in [-0.2, -0.15) is 0 Å². The van der Waals surface area contributed by atoms with Crippen LogP contribution in [0.2, 0.25) is 0 Å². The second-order valence-electron chi connectivity index (χ2n) is 5.40. The summed E-state index contributed by atoms with van der Waals surface area (Å²) in [7, 11) is 0. The molecule has 0 bridgehead atoms. The number of aryl methyl sites for hydroxylation is 1. The van der Waals surface area contributed by atoms with Crippen LogP contribution in [0.5, 0.6) is 0 Å². The molecule has 1 aliphatic rings. The quantitative estimate of drug-likeness (QED) is 0.862. The summed E-state index contributed by atoms with van der Waals surface area (Å²) in [6, 6.07) is 8.38. The summed E-state index contributed by atoms with van der Waals surface area (Å²) in [5, 5.41) is 2.92. The Balaban J connectivity index is 1.75. The Kier molecular flexibility index (Phi) is 4.77. The number of carbonyl (C=O) groups excluding carboxylic acids is 2. The molecule has 2 rings (SSSR count). The van der Waals surface area contributed by atoms with E-state index in [1.54, 1.807) is 6.92 Å². The first-order valence-corrected chi connectivity index (χ1v) is 7.16. The van der Waals surface area contributed by atoms with Crippen molar-refractivity contribution in [3.8, 4) is 0 Å². The lowest BCUT2D eigenvalue weighted by atomic mass is 10.1. The normalized spacial score (nSPS) is 13.9. The van der Waals surface area contributed by atoms with Crippen LogP contribution in [0.25, 0.3) is 0 Å². The van der Waals surface area contributed by atoms with Crippen LogP contribution in [-0.4, -0.2) is 29.3 Å². The van der Waals surface area contributed by atoms with Gasteiger partial charge in [0, 0.05) is 32.5 Å². The van der Waals surface area contributed by atoms with Crippen LogP contribution in [-0.2, 0) is 16.1 Å². The molecule has 0 spiro atoms. The zero-order chi connectivity index (χ0) is 14.5. The number of nitrogens with one attached hydrogen (secondary N) is 1. The van der Waals surface area contributed by atoms with Crippen molar-refractivity contribution in [2.24, 2.45) is 0 Å². The maximum Gasteiger partial charge on any atom is 0.222 e. The summed E-state index contributed by atoms with van der Waals surface area (Å²) in [5.74, 6) is 0.0688. The zero-order valence-corrected chi connectivity index (χ0v) is 12.2. The number of rotatable bonds is 6. The highest BCUT2D eigenvalue weighted by Gasteiger charge is 2.30. The summed E-state index contributed by atoms with van der Waals surface area (Å²) in [6.07, 6.45) is 2.52. The van der Waals surface area contributed by atoms with Crippen molar-refractivity contribution < 1.29 is 9.59 Å². The van der Waals surface area contributed by atoms with Gasteiger partial charge in [0.2, 0.25) is 11.8 Å². The molecule has 1 fully saturated rings. The summed E-state index contributed by atoms with van der Waals surface area (Å²) in [4.78, 5) is 25.1. The van der Waals surface area contributed by atoms with E-state index < -0.39 is 0 Å². The molecule has 0 heterocycles. The minimum absolute atomic E-state index is 0.000142. The number of amides is 2. The van der Waals surface area contributed by atoms with Crippen LogP contribution in [0, 0.1) is 6.92 Å². The molecule has 1 aromatic rings. The van der Waals surface area contributed by atoms with Crippen LogP contribution < -0.4 is 5.32 Å². The number of benzene rings is 1. The van der Waals surface area contributed by atoms with Crippen molar-refractivity contribution in [3.63, 3.8) is 0 Å². The van der Waals surface area contributed by atoms with E-state index >= 15 is 0 Å². The van der Waals surface area contributed by atoms with Crippen LogP contribution in [0.3, 0.4) is 0 Å². The highest BCUT2D eigenvalue weighted by atomic mass is 16.2. The molecule has 1 aliphatic carbocycles. The smallest absolute Gasteiger partial charge is 0.222 e. The predicted molar refractivity (Wildman–Crippen MR) is 78.1 cm³/mol. The first kappa shape index (κ1) is 14.6. The second-order valence-corrected chi connectivity index (χ2v) is 5.40. The topological polar surface area (TPSA) is 49.4 Å². The van der Waals surface area contributed by atoms with Crippen molar-refractivity contribution in [3.05, 3.63) is 35.4 Å². The van der Waals surface area contributed by atoms with E-state index in [1.807, 2.05) is 36.1 Å². The number of nitrogens with zero attached hydrogens (tertiary/aromatic N) is 1. The van der Waals surface area contributed by atoms with Crippen LogP contribution in [0.1, 0.15) is 37.3 Å². The van der Waals surface area contributed by atoms with Gasteiger partial charge in [0.1, 0.15) is 0 Å². The Bertz CT molecular complexity index is 495. The van der Waals surface area contributed by atoms with E-state index in [-0.39, 0.29) is 11.8 Å². The monoisotopic (exact) mass is 274 g/mol. The number of hydrogen-bond acceptors (Lipinski definition) is 2. The van der Waals surface area contributed by atoms with Crippen LogP contribution in [0.15, 0.2) is 24.3 Å². The van der Waals surface area contributed by atoms with Crippen molar-refractivity contribution in [2.75, 3.05) is 6.54 Å². The third-order valence-electron chi connectivity index (χ3n) is 3.71. The van der Waals surface area contributed by atoms with Gasteiger partial charge in [0.05, 0.1) is 0 Å². The van der Waals surface area contributed by atoms with Gasteiger partial charge in [-0.05, 0) is 30.9 Å². The fourth-order valence-corrected chi connectivity index (χ4v) is 2.30. The van der Waals surface area contributed by atoms with E-state index in [1.165, 1.54) is 5.56 Å². The summed E-state index contributed by atoms with van der Waals surface area (Å²) in [5.41, 5.74) is 2.31. The molecule has 1 aromatic carbocycles. The average Bonchev–Trinajstić information content (AvgIpc) is 3.22. The molecular weight excluding hydrogens is 252 g/mol. The van der Waals surface area contributed by atoms with Crippen LogP contribution in [0.4, 0.5) is 0 Å². The van der Waals surface area contributed by atoms with Gasteiger partial charge in [0.15, 0.2) is 0 Å². The first-order valence-electron chi connectivity index (χ1n) is 7.16. The first-order chi connectivity index (χ1) is 9.58. The van der Waals surface area contributed by atoms with Crippen molar-refractivity contribution in [2.45, 2.75) is 45.7 Å². The minimum Gasteiger partial charge on any atom is -0.352 e. The largest absolute Gasteiger partial charge is 0.352 e. The standard InChI is InChI=1S/C16H22N2O2/c1-12-5-3-4-6-14(12)11-17-16(20)9-10-18(13(2)19)15-7-8-15/h3-6,15H,7-11H2,1-2H3,(H,17,20). The summed E-state index contributed by atoms with van der Waals surface area (Å²) < 4.78 is 0. The average molecular weight is 274 g/mol. The van der Waals surface area contributed by atoms with Gasteiger partial charge >= 0.3 is 0 Å². The fraction of sp³-hybridized carbons (Fsp3) is 0.500. The van der Waals surface area contributed by atoms with E-state index in [2.05, 4.69) is 5.32 Å². The molecule has 0 aliphatic heterocycles. The lowest BCUT2D eigenvalue weighted by molar-refractivity contribution is -0.130. The summed E-state index contributed by atoms with van der Waals surface area (Å²) in [6.45, 7) is 4.68. The van der Waals surface area contributed by atoms with E-state index in [0.717, 1.165) is 18.4 Å². The predicted octanol–water partition coefficient (Wildman–Crippen LogP) is 2.01. The van der Waals surface area contributed by atoms with E-state index in [9.17, 15) is 9.59 Å². The SMILES string of the molecule is CC(=O)N(CCC(=O)NCc1ccccc1C)C1CC1. The van der Waals surface area contributed by atoms with Gasteiger partial charge in [-0.1, -0.05) is 24.3 Å². The lowest BCUT2D eigenvalue weighted by Gasteiger charge is -2.20. The Morgan fingerprint density at radius 3 is 2.60 bits per heavy atom. The number of carbonyl (C=O) groups is 2. The van der Waals surface area contributed by atoms with Crippen LogP contribution >= 0.6 is 0 Å². The highest BCUT2D eigenvalue weighted by molar-refractivity contribution is 5.78. The molecule has 0 saturated heterocycles. The molecule has 0 unspecified atom stereocenters. The molecule has 1 N–H and O–H groups in total. The molecule has 108 valence electrons. The molecular formula is C16H22N2O2. The molecule has 2 amide bonds. The second kappa shape index (κ2) is 6.55. The molecule has 4 nitrogen and oxygen atoms in total. The molecule has 4 heteroatoms. The Morgan fingerprint density at radius 1 is 1.30 bits per heavy atom.